The van der Waals surface area contributed by atoms with Crippen LogP contribution in [0.2, 0.25) is 0 Å². The van der Waals surface area contributed by atoms with Crippen LogP contribution in [0.5, 0.6) is 0 Å². The van der Waals surface area contributed by atoms with Crippen molar-refractivity contribution in [3.8, 4) is 0 Å². The number of nitrogens with zero attached hydrogens (tertiary/aromatic N) is 2. The van der Waals surface area contributed by atoms with Crippen molar-refractivity contribution in [2.24, 2.45) is 0 Å². The average Bonchev–Trinajstić information content (AvgIpc) is 2.69. The van der Waals surface area contributed by atoms with Gasteiger partial charge in [0, 0.05) is 13.0 Å². The largest absolute Gasteiger partial charge is 0.343 e. The first-order valence-electron chi connectivity index (χ1n) is 5.99. The van der Waals surface area contributed by atoms with Crippen molar-refractivity contribution in [3.05, 3.63) is 52.2 Å². The van der Waals surface area contributed by atoms with E-state index in [0.29, 0.717) is 6.42 Å². The van der Waals surface area contributed by atoms with Crippen LogP contribution in [0.1, 0.15) is 31.2 Å². The molecule has 0 bridgehead atoms. The van der Waals surface area contributed by atoms with Crippen LogP contribution in [0, 0.1) is 0 Å². The van der Waals surface area contributed by atoms with E-state index in [1.807, 2.05) is 30.3 Å². The van der Waals surface area contributed by atoms with Gasteiger partial charge in [0.05, 0.1) is 0 Å². The second-order valence-electron chi connectivity index (χ2n) is 4.11. The molecule has 0 aliphatic carbocycles. The summed E-state index contributed by atoms with van der Waals surface area (Å²) in [5.74, 6) is 0.814. The van der Waals surface area contributed by atoms with E-state index in [1.165, 1.54) is 5.56 Å². The van der Waals surface area contributed by atoms with E-state index in [9.17, 15) is 4.79 Å². The lowest BCUT2D eigenvalue weighted by molar-refractivity contribution is 0.594. The van der Waals surface area contributed by atoms with Crippen molar-refractivity contribution in [3.63, 3.8) is 0 Å². The number of aromatic amines is 1. The molecule has 1 N–H and O–H groups in total. The monoisotopic (exact) mass is 231 g/mol. The number of unbranched alkanes of at least 4 members (excludes halogenated alkanes) is 1. The Bertz CT molecular complexity index is 513. The Kier molecular flexibility index (Phi) is 3.75. The van der Waals surface area contributed by atoms with Crippen LogP contribution >= 0.6 is 0 Å². The minimum Gasteiger partial charge on any atom is -0.279 e. The zero-order chi connectivity index (χ0) is 12.1. The van der Waals surface area contributed by atoms with E-state index in [2.05, 4.69) is 17.1 Å². The first-order chi connectivity index (χ1) is 8.31. The van der Waals surface area contributed by atoms with Gasteiger partial charge >= 0.3 is 5.69 Å². The summed E-state index contributed by atoms with van der Waals surface area (Å²) in [7, 11) is 0. The molecule has 0 saturated carbocycles. The third kappa shape index (κ3) is 2.84. The molecule has 0 fully saturated rings. The Balaban J connectivity index is 2.18. The first kappa shape index (κ1) is 11.6. The molecule has 0 spiro atoms. The maximum absolute atomic E-state index is 11.6. The molecule has 0 aliphatic heterocycles. The second kappa shape index (κ2) is 5.48. The van der Waals surface area contributed by atoms with Gasteiger partial charge in [0.15, 0.2) is 0 Å². The predicted octanol–water partition coefficient (Wildman–Crippen LogP) is 1.96. The van der Waals surface area contributed by atoms with Crippen LogP contribution in [0.3, 0.4) is 0 Å². The standard InChI is InChI=1S/C13H17N3O/c1-2-3-9-16-12(14-15-13(16)17)10-11-7-5-4-6-8-11/h4-8H,2-3,9-10H2,1H3,(H,15,17). The number of H-pyrrole nitrogens is 1. The predicted molar refractivity (Wildman–Crippen MR) is 67.0 cm³/mol. The highest BCUT2D eigenvalue weighted by atomic mass is 16.1. The number of rotatable bonds is 5. The molecule has 1 aromatic heterocycles. The molecule has 90 valence electrons. The summed E-state index contributed by atoms with van der Waals surface area (Å²) in [6.07, 6.45) is 2.77. The smallest absolute Gasteiger partial charge is 0.279 e. The topological polar surface area (TPSA) is 50.7 Å². The Morgan fingerprint density at radius 2 is 2.06 bits per heavy atom. The summed E-state index contributed by atoms with van der Waals surface area (Å²) < 4.78 is 1.73. The van der Waals surface area contributed by atoms with Gasteiger partial charge in [-0.05, 0) is 12.0 Å². The number of aromatic nitrogens is 3. The van der Waals surface area contributed by atoms with Crippen molar-refractivity contribution >= 4 is 0 Å². The summed E-state index contributed by atoms with van der Waals surface area (Å²) >= 11 is 0. The van der Waals surface area contributed by atoms with Gasteiger partial charge in [0.25, 0.3) is 0 Å². The summed E-state index contributed by atoms with van der Waals surface area (Å²) in [5.41, 5.74) is 1.06. The Morgan fingerprint density at radius 1 is 1.29 bits per heavy atom. The molecule has 0 atom stereocenters. The Hall–Kier alpha value is -1.84. The van der Waals surface area contributed by atoms with Crippen molar-refractivity contribution in [2.75, 3.05) is 0 Å². The molecule has 0 radical (unpaired) electrons. The molecular formula is C13H17N3O. The van der Waals surface area contributed by atoms with E-state index in [1.54, 1.807) is 4.57 Å². The third-order valence-corrected chi connectivity index (χ3v) is 2.78. The fourth-order valence-electron chi connectivity index (χ4n) is 1.81. The van der Waals surface area contributed by atoms with Gasteiger partial charge in [-0.15, -0.1) is 0 Å². The molecule has 2 aromatic rings. The lowest BCUT2D eigenvalue weighted by Gasteiger charge is -2.04. The molecule has 0 saturated heterocycles. The van der Waals surface area contributed by atoms with Crippen molar-refractivity contribution in [1.29, 1.82) is 0 Å². The summed E-state index contributed by atoms with van der Waals surface area (Å²) in [5, 5.41) is 6.61. The molecular weight excluding hydrogens is 214 g/mol. The molecule has 1 aromatic carbocycles. The average molecular weight is 231 g/mol. The van der Waals surface area contributed by atoms with Crippen LogP contribution in [0.4, 0.5) is 0 Å². The van der Waals surface area contributed by atoms with Gasteiger partial charge in [0.1, 0.15) is 5.82 Å². The molecule has 17 heavy (non-hydrogen) atoms. The molecule has 4 heteroatoms. The minimum atomic E-state index is -0.107. The second-order valence-corrected chi connectivity index (χ2v) is 4.11. The highest BCUT2D eigenvalue weighted by Gasteiger charge is 2.07. The van der Waals surface area contributed by atoms with Gasteiger partial charge in [-0.2, -0.15) is 5.10 Å². The third-order valence-electron chi connectivity index (χ3n) is 2.78. The van der Waals surface area contributed by atoms with Crippen LogP contribution in [0.25, 0.3) is 0 Å². The van der Waals surface area contributed by atoms with Crippen molar-refractivity contribution in [1.82, 2.24) is 14.8 Å². The Morgan fingerprint density at radius 3 is 2.76 bits per heavy atom. The molecule has 0 amide bonds. The summed E-state index contributed by atoms with van der Waals surface area (Å²) in [4.78, 5) is 11.6. The quantitative estimate of drug-likeness (QED) is 0.855. The van der Waals surface area contributed by atoms with Gasteiger partial charge in [-0.1, -0.05) is 43.7 Å². The maximum atomic E-state index is 11.6. The molecule has 0 unspecified atom stereocenters. The lowest BCUT2D eigenvalue weighted by Crippen LogP contribution is -2.19. The lowest BCUT2D eigenvalue weighted by atomic mass is 10.1. The maximum Gasteiger partial charge on any atom is 0.343 e. The molecule has 2 rings (SSSR count). The van der Waals surface area contributed by atoms with Crippen LogP contribution in [-0.4, -0.2) is 14.8 Å². The number of hydrogen-bond donors (Lipinski definition) is 1. The SMILES string of the molecule is CCCCn1c(Cc2ccccc2)n[nH]c1=O. The highest BCUT2D eigenvalue weighted by molar-refractivity contribution is 5.18. The van der Waals surface area contributed by atoms with Crippen molar-refractivity contribution in [2.45, 2.75) is 32.7 Å². The van der Waals surface area contributed by atoms with E-state index in [0.717, 1.165) is 25.2 Å². The summed E-state index contributed by atoms with van der Waals surface area (Å²) in [6.45, 7) is 2.86. The van der Waals surface area contributed by atoms with E-state index >= 15 is 0 Å². The highest BCUT2D eigenvalue weighted by Crippen LogP contribution is 2.06. The minimum absolute atomic E-state index is 0.107. The van der Waals surface area contributed by atoms with Crippen LogP contribution in [-0.2, 0) is 13.0 Å². The van der Waals surface area contributed by atoms with Gasteiger partial charge < -0.3 is 0 Å². The van der Waals surface area contributed by atoms with Crippen LogP contribution in [0.15, 0.2) is 35.1 Å². The van der Waals surface area contributed by atoms with E-state index < -0.39 is 0 Å². The zero-order valence-electron chi connectivity index (χ0n) is 10.0. The molecule has 1 heterocycles. The van der Waals surface area contributed by atoms with Gasteiger partial charge in [-0.3, -0.25) is 4.57 Å². The van der Waals surface area contributed by atoms with Gasteiger partial charge in [-0.25, -0.2) is 9.89 Å². The number of hydrogen-bond acceptors (Lipinski definition) is 2. The Labute approximate surface area is 100 Å². The zero-order valence-corrected chi connectivity index (χ0v) is 10.0. The summed E-state index contributed by atoms with van der Waals surface area (Å²) in [6, 6.07) is 10.1. The molecule has 4 nitrogen and oxygen atoms in total. The number of benzene rings is 1. The van der Waals surface area contributed by atoms with Crippen molar-refractivity contribution < 1.29 is 0 Å². The normalized spacial score (nSPS) is 10.6. The fraction of sp³-hybridized carbons (Fsp3) is 0.385. The van der Waals surface area contributed by atoms with Crippen LogP contribution < -0.4 is 5.69 Å². The molecule has 0 aliphatic rings. The number of nitrogens with one attached hydrogen (secondary N) is 1. The fourth-order valence-corrected chi connectivity index (χ4v) is 1.81. The van der Waals surface area contributed by atoms with E-state index in [4.69, 9.17) is 0 Å². The first-order valence-corrected chi connectivity index (χ1v) is 5.99. The van der Waals surface area contributed by atoms with E-state index in [-0.39, 0.29) is 5.69 Å². The van der Waals surface area contributed by atoms with Gasteiger partial charge in [0.2, 0.25) is 0 Å².